The van der Waals surface area contributed by atoms with Crippen LogP contribution in [0.5, 0.6) is 5.75 Å². The van der Waals surface area contributed by atoms with Gasteiger partial charge in [0.2, 0.25) is 0 Å². The molecule has 226 valence electrons. The molecule has 0 unspecified atom stereocenters. The number of nitrogens with zero attached hydrogens (tertiary/aromatic N) is 3. The maximum atomic E-state index is 13.1. The number of amides is 2. The van der Waals surface area contributed by atoms with Crippen LogP contribution < -0.4 is 10.1 Å². The first-order valence-corrected chi connectivity index (χ1v) is 15.3. The van der Waals surface area contributed by atoms with Crippen LogP contribution in [-0.4, -0.2) is 70.6 Å². The SMILES string of the molecule is CCCC(=N)c1ccc(CN2CCC(NC(=O)c3ccc(C(=O)N4CCC(Oc5ccc(F)cc5)CC4)cn3)CC2)cc1. The number of pyridine rings is 1. The van der Waals surface area contributed by atoms with Crippen molar-refractivity contribution in [2.45, 2.75) is 64.1 Å². The Hall–Kier alpha value is -4.11. The van der Waals surface area contributed by atoms with E-state index in [1.165, 1.54) is 23.9 Å². The van der Waals surface area contributed by atoms with Crippen LogP contribution in [0.4, 0.5) is 4.39 Å². The van der Waals surface area contributed by atoms with Gasteiger partial charge in [-0.05, 0) is 66.8 Å². The molecule has 2 fully saturated rings. The summed E-state index contributed by atoms with van der Waals surface area (Å²) in [5.74, 6) is -0.00536. The largest absolute Gasteiger partial charge is 0.490 e. The Kier molecular flexibility index (Phi) is 10.1. The zero-order valence-corrected chi connectivity index (χ0v) is 24.7. The molecular weight excluding hydrogens is 545 g/mol. The van der Waals surface area contributed by atoms with E-state index in [1.807, 2.05) is 12.1 Å². The molecule has 3 aromatic rings. The van der Waals surface area contributed by atoms with Crippen molar-refractivity contribution in [3.63, 3.8) is 0 Å². The lowest BCUT2D eigenvalue weighted by molar-refractivity contribution is 0.0594. The van der Waals surface area contributed by atoms with Crippen molar-refractivity contribution in [3.8, 4) is 5.75 Å². The highest BCUT2D eigenvalue weighted by Gasteiger charge is 2.26. The molecule has 2 N–H and O–H groups in total. The van der Waals surface area contributed by atoms with E-state index in [-0.39, 0.29) is 29.8 Å². The van der Waals surface area contributed by atoms with Gasteiger partial charge < -0.3 is 20.4 Å². The maximum Gasteiger partial charge on any atom is 0.270 e. The molecule has 1 aromatic heterocycles. The Bertz CT molecular complexity index is 1380. The first-order chi connectivity index (χ1) is 20.9. The third-order valence-corrected chi connectivity index (χ3v) is 8.22. The molecule has 8 nitrogen and oxygen atoms in total. The molecule has 3 heterocycles. The van der Waals surface area contributed by atoms with Crippen molar-refractivity contribution in [2.75, 3.05) is 26.2 Å². The molecule has 0 bridgehead atoms. The normalized spacial score (nSPS) is 16.6. The van der Waals surface area contributed by atoms with Crippen LogP contribution in [-0.2, 0) is 6.54 Å². The lowest BCUT2D eigenvalue weighted by Crippen LogP contribution is -2.44. The fourth-order valence-corrected chi connectivity index (χ4v) is 5.68. The van der Waals surface area contributed by atoms with E-state index < -0.39 is 0 Å². The first-order valence-electron chi connectivity index (χ1n) is 15.3. The smallest absolute Gasteiger partial charge is 0.270 e. The van der Waals surface area contributed by atoms with E-state index >= 15 is 0 Å². The van der Waals surface area contributed by atoms with Gasteiger partial charge in [-0.25, -0.2) is 4.39 Å². The molecular formula is C34H40FN5O3. The molecule has 9 heteroatoms. The summed E-state index contributed by atoms with van der Waals surface area (Å²) in [6.07, 6.45) is 6.34. The van der Waals surface area contributed by atoms with Crippen LogP contribution in [0.3, 0.4) is 0 Å². The summed E-state index contributed by atoms with van der Waals surface area (Å²) < 4.78 is 19.1. The summed E-state index contributed by atoms with van der Waals surface area (Å²) in [6, 6.07) is 17.7. The number of nitrogens with one attached hydrogen (secondary N) is 2. The Morgan fingerprint density at radius 1 is 0.930 bits per heavy atom. The highest BCUT2D eigenvalue weighted by molar-refractivity contribution is 5.98. The van der Waals surface area contributed by atoms with Crippen LogP contribution in [0.15, 0.2) is 66.9 Å². The number of hydrogen-bond acceptors (Lipinski definition) is 6. The summed E-state index contributed by atoms with van der Waals surface area (Å²) in [5, 5.41) is 11.2. The number of benzene rings is 2. The summed E-state index contributed by atoms with van der Waals surface area (Å²) >= 11 is 0. The molecule has 43 heavy (non-hydrogen) atoms. The summed E-state index contributed by atoms with van der Waals surface area (Å²) in [6.45, 7) is 5.85. The van der Waals surface area contributed by atoms with Gasteiger partial charge in [0, 0.05) is 63.5 Å². The van der Waals surface area contributed by atoms with Crippen molar-refractivity contribution >= 4 is 17.5 Å². The van der Waals surface area contributed by atoms with Gasteiger partial charge in [0.1, 0.15) is 23.4 Å². The molecule has 2 amide bonds. The topological polar surface area (TPSA) is 98.6 Å². The highest BCUT2D eigenvalue weighted by Crippen LogP contribution is 2.21. The number of ether oxygens (including phenoxy) is 1. The minimum Gasteiger partial charge on any atom is -0.490 e. The van der Waals surface area contributed by atoms with Crippen molar-refractivity contribution < 1.29 is 18.7 Å². The number of hydrogen-bond donors (Lipinski definition) is 2. The van der Waals surface area contributed by atoms with Crippen LogP contribution in [0, 0.1) is 11.2 Å². The Balaban J connectivity index is 1.04. The third-order valence-electron chi connectivity index (χ3n) is 8.22. The van der Waals surface area contributed by atoms with Crippen LogP contribution in [0.1, 0.15) is 77.4 Å². The fraction of sp³-hybridized carbons (Fsp3) is 0.412. The summed E-state index contributed by atoms with van der Waals surface area (Å²) in [4.78, 5) is 34.4. The lowest BCUT2D eigenvalue weighted by Gasteiger charge is -2.32. The number of likely N-dealkylation sites (tertiary alicyclic amines) is 2. The van der Waals surface area contributed by atoms with E-state index in [0.29, 0.717) is 48.6 Å². The minimum atomic E-state index is -0.301. The van der Waals surface area contributed by atoms with Gasteiger partial charge >= 0.3 is 0 Å². The van der Waals surface area contributed by atoms with Crippen molar-refractivity contribution in [2.24, 2.45) is 0 Å². The average Bonchev–Trinajstić information content (AvgIpc) is 3.03. The summed E-state index contributed by atoms with van der Waals surface area (Å²) in [7, 11) is 0. The second-order valence-corrected chi connectivity index (χ2v) is 11.4. The zero-order valence-electron chi connectivity index (χ0n) is 24.7. The average molecular weight is 586 g/mol. The van der Waals surface area contributed by atoms with Gasteiger partial charge in [0.05, 0.1) is 5.56 Å². The molecule has 2 aliphatic heterocycles. The van der Waals surface area contributed by atoms with Crippen molar-refractivity contribution in [1.29, 1.82) is 5.41 Å². The van der Waals surface area contributed by atoms with E-state index in [2.05, 4.69) is 34.3 Å². The molecule has 0 radical (unpaired) electrons. The predicted molar refractivity (Wildman–Crippen MR) is 164 cm³/mol. The third kappa shape index (κ3) is 8.26. The van der Waals surface area contributed by atoms with Crippen LogP contribution >= 0.6 is 0 Å². The number of halogens is 1. The van der Waals surface area contributed by atoms with E-state index in [1.54, 1.807) is 29.2 Å². The highest BCUT2D eigenvalue weighted by atomic mass is 19.1. The lowest BCUT2D eigenvalue weighted by atomic mass is 10.0. The van der Waals surface area contributed by atoms with E-state index in [4.69, 9.17) is 10.1 Å². The van der Waals surface area contributed by atoms with Crippen LogP contribution in [0.25, 0.3) is 0 Å². The first kappa shape index (κ1) is 30.4. The van der Waals surface area contributed by atoms with Crippen molar-refractivity contribution in [3.05, 3.63) is 95.1 Å². The Morgan fingerprint density at radius 2 is 1.60 bits per heavy atom. The Morgan fingerprint density at radius 3 is 2.23 bits per heavy atom. The van der Waals surface area contributed by atoms with Gasteiger partial charge in [-0.1, -0.05) is 37.6 Å². The number of piperidine rings is 2. The minimum absolute atomic E-state index is 0.0242. The van der Waals surface area contributed by atoms with Crippen molar-refractivity contribution in [1.82, 2.24) is 20.1 Å². The van der Waals surface area contributed by atoms with E-state index in [0.717, 1.165) is 50.9 Å². The predicted octanol–water partition coefficient (Wildman–Crippen LogP) is 5.47. The molecule has 0 spiro atoms. The van der Waals surface area contributed by atoms with Gasteiger partial charge in [0.25, 0.3) is 11.8 Å². The number of carbonyl (C=O) groups excluding carboxylic acids is 2. The number of carbonyl (C=O) groups is 2. The monoisotopic (exact) mass is 585 g/mol. The molecule has 0 atom stereocenters. The molecule has 0 aliphatic carbocycles. The second kappa shape index (κ2) is 14.4. The molecule has 2 aliphatic rings. The van der Waals surface area contributed by atoms with Gasteiger partial charge in [0.15, 0.2) is 0 Å². The van der Waals surface area contributed by atoms with Gasteiger partial charge in [-0.2, -0.15) is 0 Å². The molecule has 2 saturated heterocycles. The number of aromatic nitrogens is 1. The second-order valence-electron chi connectivity index (χ2n) is 11.4. The standard InChI is InChI=1S/C34H40FN5O3/c1-2-3-31(36)25-6-4-24(5-7-25)23-39-18-14-28(15-19-39)38-33(41)32-13-8-26(22-37-32)34(42)40-20-16-30(17-21-40)43-29-11-9-27(35)10-12-29/h4-13,22,28,30,36H,2-3,14-21,23H2,1H3,(H,38,41). The quantitative estimate of drug-likeness (QED) is 0.308. The molecule has 5 rings (SSSR count). The number of rotatable bonds is 10. The fourth-order valence-electron chi connectivity index (χ4n) is 5.68. The maximum absolute atomic E-state index is 13.1. The van der Waals surface area contributed by atoms with Gasteiger partial charge in [-0.15, -0.1) is 0 Å². The van der Waals surface area contributed by atoms with E-state index in [9.17, 15) is 14.0 Å². The van der Waals surface area contributed by atoms with Gasteiger partial charge in [-0.3, -0.25) is 19.5 Å². The zero-order chi connectivity index (χ0) is 30.2. The molecule has 0 saturated carbocycles. The summed E-state index contributed by atoms with van der Waals surface area (Å²) in [5.41, 5.74) is 3.68. The molecule has 2 aromatic carbocycles. The van der Waals surface area contributed by atoms with Crippen LogP contribution in [0.2, 0.25) is 0 Å². The Labute approximate surface area is 252 Å².